The molecule has 2 aromatic carbocycles. The van der Waals surface area contributed by atoms with Crippen LogP contribution in [0.2, 0.25) is 0 Å². The molecule has 21 heavy (non-hydrogen) atoms. The van der Waals surface area contributed by atoms with Gasteiger partial charge in [-0.25, -0.2) is 0 Å². The second-order valence-electron chi connectivity index (χ2n) is 4.67. The van der Waals surface area contributed by atoms with E-state index in [1.165, 1.54) is 18.7 Å². The minimum absolute atomic E-state index is 0.0147. The van der Waals surface area contributed by atoms with Crippen LogP contribution in [0.15, 0.2) is 42.5 Å². The lowest BCUT2D eigenvalue weighted by Crippen LogP contribution is -2.01. The van der Waals surface area contributed by atoms with Crippen LogP contribution in [0.25, 0.3) is 0 Å². The van der Waals surface area contributed by atoms with Gasteiger partial charge in [0.1, 0.15) is 0 Å². The number of hydrogen-bond acceptors (Lipinski definition) is 4. The third kappa shape index (κ3) is 3.72. The number of hydrogen-bond donors (Lipinski definition) is 1. The number of benzene rings is 2. The maximum absolute atomic E-state index is 11.0. The molecule has 0 heterocycles. The van der Waals surface area contributed by atoms with Gasteiger partial charge in [0.05, 0.1) is 12.0 Å². The lowest BCUT2D eigenvalue weighted by molar-refractivity contribution is -0.385. The van der Waals surface area contributed by atoms with Gasteiger partial charge in [0.15, 0.2) is 5.75 Å². The van der Waals surface area contributed by atoms with Gasteiger partial charge in [0, 0.05) is 18.3 Å². The summed E-state index contributed by atoms with van der Waals surface area (Å²) in [6.07, 6.45) is 0.976. The molecule has 0 aliphatic rings. The zero-order chi connectivity index (χ0) is 15.2. The normalized spacial score (nSPS) is 10.2. The predicted octanol–water partition coefficient (Wildman–Crippen LogP) is 3.78. The Hall–Kier alpha value is -2.56. The number of anilines is 1. The van der Waals surface area contributed by atoms with E-state index in [1.54, 1.807) is 6.07 Å². The van der Waals surface area contributed by atoms with Crippen molar-refractivity contribution in [1.82, 2.24) is 0 Å². The molecular formula is C16H18N2O3. The first-order valence-corrected chi connectivity index (χ1v) is 6.78. The first kappa shape index (κ1) is 14.8. The fraction of sp³-hybridized carbons (Fsp3) is 0.250. The molecule has 2 rings (SSSR count). The van der Waals surface area contributed by atoms with Crippen molar-refractivity contribution in [1.29, 1.82) is 0 Å². The molecule has 0 aromatic heterocycles. The molecule has 0 fully saturated rings. The zero-order valence-corrected chi connectivity index (χ0v) is 12.1. The summed E-state index contributed by atoms with van der Waals surface area (Å²) in [4.78, 5) is 10.6. The third-order valence-electron chi connectivity index (χ3n) is 3.27. The molecule has 0 bridgehead atoms. The van der Waals surface area contributed by atoms with E-state index in [2.05, 4.69) is 24.4 Å². The van der Waals surface area contributed by atoms with Crippen molar-refractivity contribution in [3.63, 3.8) is 0 Å². The van der Waals surface area contributed by atoms with Crippen molar-refractivity contribution in [2.45, 2.75) is 19.9 Å². The van der Waals surface area contributed by atoms with Crippen molar-refractivity contribution in [2.24, 2.45) is 0 Å². The highest BCUT2D eigenvalue weighted by atomic mass is 16.6. The molecule has 5 nitrogen and oxygen atoms in total. The highest BCUT2D eigenvalue weighted by Crippen LogP contribution is 2.27. The first-order chi connectivity index (χ1) is 10.1. The number of aryl methyl sites for hydroxylation is 1. The van der Waals surface area contributed by atoms with Crippen molar-refractivity contribution < 1.29 is 9.66 Å². The monoisotopic (exact) mass is 286 g/mol. The van der Waals surface area contributed by atoms with Crippen LogP contribution in [0.5, 0.6) is 5.75 Å². The summed E-state index contributed by atoms with van der Waals surface area (Å²) in [6, 6.07) is 13.1. The Labute approximate surface area is 123 Å². The quantitative estimate of drug-likeness (QED) is 0.648. The van der Waals surface area contributed by atoms with Crippen molar-refractivity contribution in [3.05, 3.63) is 63.7 Å². The third-order valence-corrected chi connectivity index (χ3v) is 3.27. The molecule has 0 amide bonds. The minimum Gasteiger partial charge on any atom is -0.490 e. The van der Waals surface area contributed by atoms with Gasteiger partial charge in [-0.15, -0.1) is 0 Å². The minimum atomic E-state index is -0.431. The van der Waals surface area contributed by atoms with E-state index in [0.717, 1.165) is 17.7 Å². The van der Waals surface area contributed by atoms with Crippen molar-refractivity contribution in [2.75, 3.05) is 12.4 Å². The Kier molecular flexibility index (Phi) is 4.77. The van der Waals surface area contributed by atoms with Gasteiger partial charge in [0.2, 0.25) is 0 Å². The van der Waals surface area contributed by atoms with Gasteiger partial charge < -0.3 is 10.1 Å². The number of nitrogens with one attached hydrogen (secondary N) is 1. The molecular weight excluding hydrogens is 268 g/mol. The smallest absolute Gasteiger partial charge is 0.311 e. The Morgan fingerprint density at radius 2 is 2.00 bits per heavy atom. The lowest BCUT2D eigenvalue weighted by Gasteiger charge is -2.09. The lowest BCUT2D eigenvalue weighted by atomic mass is 10.1. The van der Waals surface area contributed by atoms with E-state index in [1.807, 2.05) is 18.2 Å². The molecule has 1 N–H and O–H groups in total. The number of nitro benzene ring substituents is 1. The Balaban J connectivity index is 2.12. The largest absolute Gasteiger partial charge is 0.490 e. The summed E-state index contributed by atoms with van der Waals surface area (Å²) in [5, 5.41) is 14.3. The van der Waals surface area contributed by atoms with Gasteiger partial charge in [0.25, 0.3) is 0 Å². The SMILES string of the molecule is CCc1cccc(NCc2ccc(OC)c([N+](=O)[O-])c2)c1. The van der Waals surface area contributed by atoms with Gasteiger partial charge >= 0.3 is 5.69 Å². The molecule has 0 atom stereocenters. The van der Waals surface area contributed by atoms with Crippen LogP contribution in [-0.4, -0.2) is 12.0 Å². The van der Waals surface area contributed by atoms with Crippen LogP contribution in [-0.2, 0) is 13.0 Å². The molecule has 0 unspecified atom stereocenters. The Bertz CT molecular complexity index is 641. The van der Waals surface area contributed by atoms with Gasteiger partial charge in [-0.1, -0.05) is 25.1 Å². The molecule has 0 spiro atoms. The summed E-state index contributed by atoms with van der Waals surface area (Å²) < 4.78 is 4.99. The highest BCUT2D eigenvalue weighted by molar-refractivity contribution is 5.51. The Morgan fingerprint density at radius 3 is 2.67 bits per heavy atom. The van der Waals surface area contributed by atoms with Crippen LogP contribution in [0.4, 0.5) is 11.4 Å². The average molecular weight is 286 g/mol. The fourth-order valence-electron chi connectivity index (χ4n) is 2.09. The molecule has 110 valence electrons. The molecule has 2 aromatic rings. The van der Waals surface area contributed by atoms with E-state index >= 15 is 0 Å². The maximum Gasteiger partial charge on any atom is 0.311 e. The van der Waals surface area contributed by atoms with Gasteiger partial charge in [-0.3, -0.25) is 10.1 Å². The summed E-state index contributed by atoms with van der Waals surface area (Å²) >= 11 is 0. The number of methoxy groups -OCH3 is 1. The maximum atomic E-state index is 11.0. The zero-order valence-electron chi connectivity index (χ0n) is 12.1. The van der Waals surface area contributed by atoms with Crippen LogP contribution in [0, 0.1) is 10.1 Å². The Morgan fingerprint density at radius 1 is 1.19 bits per heavy atom. The van der Waals surface area contributed by atoms with E-state index in [4.69, 9.17) is 4.74 Å². The summed E-state index contributed by atoms with van der Waals surface area (Å²) in [5.41, 5.74) is 3.08. The fourth-order valence-corrected chi connectivity index (χ4v) is 2.09. The first-order valence-electron chi connectivity index (χ1n) is 6.78. The topological polar surface area (TPSA) is 64.4 Å². The van der Waals surface area contributed by atoms with E-state index in [0.29, 0.717) is 6.54 Å². The predicted molar refractivity (Wildman–Crippen MR) is 82.8 cm³/mol. The average Bonchev–Trinajstić information content (AvgIpc) is 2.52. The van der Waals surface area contributed by atoms with E-state index in [9.17, 15) is 10.1 Å². The van der Waals surface area contributed by atoms with Crippen molar-refractivity contribution >= 4 is 11.4 Å². The van der Waals surface area contributed by atoms with Crippen LogP contribution >= 0.6 is 0 Å². The molecule has 0 aliphatic carbocycles. The summed E-state index contributed by atoms with van der Waals surface area (Å²) in [6.45, 7) is 2.63. The summed E-state index contributed by atoms with van der Waals surface area (Å²) in [5.74, 6) is 0.275. The van der Waals surface area contributed by atoms with Crippen LogP contribution in [0.1, 0.15) is 18.1 Å². The number of nitro groups is 1. The number of nitrogens with zero attached hydrogens (tertiary/aromatic N) is 1. The van der Waals surface area contributed by atoms with Gasteiger partial charge in [-0.05, 0) is 35.7 Å². The van der Waals surface area contributed by atoms with Crippen molar-refractivity contribution in [3.8, 4) is 5.75 Å². The highest BCUT2D eigenvalue weighted by Gasteiger charge is 2.14. The van der Waals surface area contributed by atoms with E-state index < -0.39 is 4.92 Å². The van der Waals surface area contributed by atoms with Crippen LogP contribution in [0.3, 0.4) is 0 Å². The molecule has 0 saturated carbocycles. The van der Waals surface area contributed by atoms with E-state index in [-0.39, 0.29) is 11.4 Å². The standard InChI is InChI=1S/C16H18N2O3/c1-3-12-5-4-6-14(9-12)17-11-13-7-8-16(21-2)15(10-13)18(19)20/h4-10,17H,3,11H2,1-2H3. The second-order valence-corrected chi connectivity index (χ2v) is 4.67. The number of rotatable bonds is 6. The molecule has 0 saturated heterocycles. The summed E-state index contributed by atoms with van der Waals surface area (Å²) in [7, 11) is 1.43. The molecule has 0 aliphatic heterocycles. The van der Waals surface area contributed by atoms with Crippen LogP contribution < -0.4 is 10.1 Å². The molecule has 0 radical (unpaired) electrons. The molecule has 5 heteroatoms. The number of ether oxygens (including phenoxy) is 1. The van der Waals surface area contributed by atoms with Gasteiger partial charge in [-0.2, -0.15) is 0 Å². The second kappa shape index (κ2) is 6.74.